The molecule has 0 bridgehead atoms. The summed E-state index contributed by atoms with van der Waals surface area (Å²) in [6.45, 7) is 1.10. The van der Waals surface area contributed by atoms with E-state index < -0.39 is 23.8 Å². The summed E-state index contributed by atoms with van der Waals surface area (Å²) in [5.74, 6) is -2.40. The molecule has 0 unspecified atom stereocenters. The van der Waals surface area contributed by atoms with Gasteiger partial charge in [-0.3, -0.25) is 4.79 Å². The van der Waals surface area contributed by atoms with E-state index in [0.29, 0.717) is 0 Å². The molecular weight excluding hydrogens is 229 g/mol. The minimum Gasteiger partial charge on any atom is -0.479 e. The molecule has 0 radical (unpaired) electrons. The van der Waals surface area contributed by atoms with Crippen molar-refractivity contribution in [3.63, 3.8) is 0 Å². The predicted octanol–water partition coefficient (Wildman–Crippen LogP) is 0.914. The third-order valence-electron chi connectivity index (χ3n) is 2.17. The minimum atomic E-state index is -1.14. The fourth-order valence-corrected chi connectivity index (χ4v) is 1.12. The number of nitrogens with two attached hydrogens (primary N) is 1. The Hall–Kier alpha value is -1.95. The summed E-state index contributed by atoms with van der Waals surface area (Å²) in [6.07, 6.45) is -1.05. The molecule has 1 aromatic carbocycles. The van der Waals surface area contributed by atoms with Crippen molar-refractivity contribution in [3.8, 4) is 0 Å². The number of halogens is 1. The molecular formula is C11H12FNO4. The quantitative estimate of drug-likeness (QED) is 0.801. The van der Waals surface area contributed by atoms with Gasteiger partial charge in [0.25, 0.3) is 0 Å². The number of hydrogen-bond donors (Lipinski definition) is 2. The molecule has 0 heterocycles. The Kier molecular flexibility index (Phi) is 4.17. The zero-order valence-corrected chi connectivity index (χ0v) is 9.14. The molecule has 17 heavy (non-hydrogen) atoms. The largest absolute Gasteiger partial charge is 0.479 e. The van der Waals surface area contributed by atoms with Crippen LogP contribution in [0.5, 0.6) is 0 Å². The van der Waals surface area contributed by atoms with E-state index in [0.717, 1.165) is 6.07 Å². The van der Waals surface area contributed by atoms with Crippen molar-refractivity contribution in [3.05, 3.63) is 35.1 Å². The van der Waals surface area contributed by atoms with Crippen LogP contribution in [0.2, 0.25) is 0 Å². The van der Waals surface area contributed by atoms with Gasteiger partial charge in [-0.05, 0) is 25.1 Å². The van der Waals surface area contributed by atoms with E-state index in [4.69, 9.17) is 15.6 Å². The van der Waals surface area contributed by atoms with E-state index in [1.807, 2.05) is 0 Å². The van der Waals surface area contributed by atoms with Gasteiger partial charge in [0, 0.05) is 11.1 Å². The standard InChI is InChI=1S/C11H12FNO4/c1-6(11(15)16)17-5-8-4-7(10(13)14)2-3-9(8)12/h2-4,6H,5H2,1H3,(H2,13,14)(H,15,16)/t6-/m1/s1. The van der Waals surface area contributed by atoms with Crippen molar-refractivity contribution in [2.75, 3.05) is 0 Å². The maximum Gasteiger partial charge on any atom is 0.332 e. The van der Waals surface area contributed by atoms with E-state index in [1.54, 1.807) is 0 Å². The summed E-state index contributed by atoms with van der Waals surface area (Å²) in [6, 6.07) is 3.58. The summed E-state index contributed by atoms with van der Waals surface area (Å²) in [7, 11) is 0. The van der Waals surface area contributed by atoms with Crippen LogP contribution < -0.4 is 5.73 Å². The van der Waals surface area contributed by atoms with Gasteiger partial charge in [0.2, 0.25) is 5.91 Å². The number of carbonyl (C=O) groups excluding carboxylic acids is 1. The predicted molar refractivity (Wildman–Crippen MR) is 56.8 cm³/mol. The Labute approximate surface area is 97.0 Å². The molecule has 5 nitrogen and oxygen atoms in total. The van der Waals surface area contributed by atoms with Gasteiger partial charge in [0.1, 0.15) is 5.82 Å². The van der Waals surface area contributed by atoms with Gasteiger partial charge < -0.3 is 15.6 Å². The van der Waals surface area contributed by atoms with Crippen molar-refractivity contribution in [2.24, 2.45) is 5.73 Å². The highest BCUT2D eigenvalue weighted by molar-refractivity contribution is 5.92. The van der Waals surface area contributed by atoms with Crippen LogP contribution in [-0.4, -0.2) is 23.1 Å². The lowest BCUT2D eigenvalue weighted by Gasteiger charge is -2.09. The molecule has 0 spiro atoms. The van der Waals surface area contributed by atoms with E-state index >= 15 is 0 Å². The molecule has 0 fully saturated rings. The van der Waals surface area contributed by atoms with Crippen molar-refractivity contribution < 1.29 is 23.8 Å². The Morgan fingerprint density at radius 2 is 2.18 bits per heavy atom. The number of carboxylic acids is 1. The first-order valence-electron chi connectivity index (χ1n) is 4.84. The molecule has 1 aromatic rings. The van der Waals surface area contributed by atoms with Crippen molar-refractivity contribution >= 4 is 11.9 Å². The molecule has 0 saturated carbocycles. The second kappa shape index (κ2) is 5.40. The first-order chi connectivity index (χ1) is 7.91. The fraction of sp³-hybridized carbons (Fsp3) is 0.273. The normalized spacial score (nSPS) is 12.1. The number of primary amides is 1. The summed E-state index contributed by atoms with van der Waals surface area (Å²) in [5.41, 5.74) is 5.28. The van der Waals surface area contributed by atoms with E-state index in [1.165, 1.54) is 19.1 Å². The number of benzene rings is 1. The van der Waals surface area contributed by atoms with Crippen LogP contribution in [0.15, 0.2) is 18.2 Å². The summed E-state index contributed by atoms with van der Waals surface area (Å²) in [5, 5.41) is 8.58. The lowest BCUT2D eigenvalue weighted by atomic mass is 10.1. The van der Waals surface area contributed by atoms with Gasteiger partial charge in [0.15, 0.2) is 6.10 Å². The Balaban J connectivity index is 2.79. The van der Waals surface area contributed by atoms with Crippen LogP contribution in [0.4, 0.5) is 4.39 Å². The molecule has 1 rings (SSSR count). The van der Waals surface area contributed by atoms with Crippen LogP contribution in [0.25, 0.3) is 0 Å². The van der Waals surface area contributed by atoms with E-state index in [2.05, 4.69) is 0 Å². The van der Waals surface area contributed by atoms with E-state index in [-0.39, 0.29) is 17.7 Å². The smallest absolute Gasteiger partial charge is 0.332 e. The third-order valence-corrected chi connectivity index (χ3v) is 2.17. The maximum atomic E-state index is 13.3. The minimum absolute atomic E-state index is 0.0920. The number of hydrogen-bond acceptors (Lipinski definition) is 3. The second-order valence-corrected chi connectivity index (χ2v) is 3.46. The number of carboxylic acid groups (broad SMARTS) is 1. The van der Waals surface area contributed by atoms with Crippen LogP contribution in [0.3, 0.4) is 0 Å². The van der Waals surface area contributed by atoms with Gasteiger partial charge in [0.05, 0.1) is 6.61 Å². The van der Waals surface area contributed by atoms with Crippen LogP contribution in [-0.2, 0) is 16.1 Å². The number of rotatable bonds is 5. The highest BCUT2D eigenvalue weighted by Crippen LogP contribution is 2.12. The third kappa shape index (κ3) is 3.53. The van der Waals surface area contributed by atoms with Crippen molar-refractivity contribution in [1.29, 1.82) is 0 Å². The number of carbonyl (C=O) groups is 2. The van der Waals surface area contributed by atoms with Crippen LogP contribution in [0, 0.1) is 5.82 Å². The number of amides is 1. The van der Waals surface area contributed by atoms with Gasteiger partial charge in [-0.25, -0.2) is 9.18 Å². The molecule has 1 amide bonds. The van der Waals surface area contributed by atoms with Crippen molar-refractivity contribution in [1.82, 2.24) is 0 Å². The first-order valence-corrected chi connectivity index (χ1v) is 4.84. The average Bonchev–Trinajstić information content (AvgIpc) is 2.26. The Morgan fingerprint density at radius 1 is 1.53 bits per heavy atom. The summed E-state index contributed by atoms with van der Waals surface area (Å²) >= 11 is 0. The Bertz CT molecular complexity index is 447. The van der Waals surface area contributed by atoms with Gasteiger partial charge in [-0.1, -0.05) is 0 Å². The number of ether oxygens (including phenoxy) is 1. The van der Waals surface area contributed by atoms with Gasteiger partial charge in [-0.2, -0.15) is 0 Å². The second-order valence-electron chi connectivity index (χ2n) is 3.46. The fourth-order valence-electron chi connectivity index (χ4n) is 1.12. The highest BCUT2D eigenvalue weighted by Gasteiger charge is 2.13. The molecule has 1 atom stereocenters. The van der Waals surface area contributed by atoms with Gasteiger partial charge >= 0.3 is 5.97 Å². The Morgan fingerprint density at radius 3 is 2.71 bits per heavy atom. The van der Waals surface area contributed by atoms with Crippen molar-refractivity contribution in [2.45, 2.75) is 19.6 Å². The molecule has 0 aliphatic rings. The van der Waals surface area contributed by atoms with Crippen LogP contribution in [0.1, 0.15) is 22.8 Å². The molecule has 0 aliphatic heterocycles. The zero-order chi connectivity index (χ0) is 13.0. The first kappa shape index (κ1) is 13.1. The summed E-state index contributed by atoms with van der Waals surface area (Å²) in [4.78, 5) is 21.4. The molecule has 6 heteroatoms. The SMILES string of the molecule is C[C@@H](OCc1cc(C(N)=O)ccc1F)C(=O)O. The molecule has 92 valence electrons. The average molecular weight is 241 g/mol. The lowest BCUT2D eigenvalue weighted by molar-refractivity contribution is -0.149. The van der Waals surface area contributed by atoms with E-state index in [9.17, 15) is 14.0 Å². The molecule has 0 saturated heterocycles. The van der Waals surface area contributed by atoms with Crippen LogP contribution >= 0.6 is 0 Å². The topological polar surface area (TPSA) is 89.6 Å². The molecule has 0 aromatic heterocycles. The monoisotopic (exact) mass is 241 g/mol. The lowest BCUT2D eigenvalue weighted by Crippen LogP contribution is -2.20. The van der Waals surface area contributed by atoms with Gasteiger partial charge in [-0.15, -0.1) is 0 Å². The summed E-state index contributed by atoms with van der Waals surface area (Å²) < 4.78 is 18.2. The molecule has 3 N–H and O–H groups in total. The highest BCUT2D eigenvalue weighted by atomic mass is 19.1. The zero-order valence-electron chi connectivity index (χ0n) is 9.14. The molecule has 0 aliphatic carbocycles. The number of aliphatic carboxylic acids is 1. The maximum absolute atomic E-state index is 13.3.